The van der Waals surface area contributed by atoms with Crippen LogP contribution < -0.4 is 5.32 Å². The van der Waals surface area contributed by atoms with E-state index < -0.39 is 0 Å². The predicted molar refractivity (Wildman–Crippen MR) is 145 cm³/mol. The Balaban J connectivity index is 1.46. The van der Waals surface area contributed by atoms with Crippen LogP contribution in [0.3, 0.4) is 0 Å². The molecule has 0 spiro atoms. The van der Waals surface area contributed by atoms with Crippen molar-refractivity contribution in [3.8, 4) is 0 Å². The lowest BCUT2D eigenvalue weighted by Gasteiger charge is -2.29. The van der Waals surface area contributed by atoms with Gasteiger partial charge in [-0.3, -0.25) is 4.79 Å². The Morgan fingerprint density at radius 3 is 2.64 bits per heavy atom. The third-order valence-corrected chi connectivity index (χ3v) is 8.16. The number of hydrogen-bond donors (Lipinski definition) is 1. The number of amides is 1. The summed E-state index contributed by atoms with van der Waals surface area (Å²) in [5.41, 5.74) is 5.91. The minimum atomic E-state index is -0.233. The van der Waals surface area contributed by atoms with Gasteiger partial charge >= 0.3 is 0 Å². The maximum absolute atomic E-state index is 13.3. The zero-order valence-electron chi connectivity index (χ0n) is 20.8. The Hall–Kier alpha value is -3.12. The van der Waals surface area contributed by atoms with Crippen molar-refractivity contribution in [1.82, 2.24) is 14.9 Å². The summed E-state index contributed by atoms with van der Waals surface area (Å²) >= 11 is 1.63. The van der Waals surface area contributed by atoms with Gasteiger partial charge in [-0.1, -0.05) is 73.5 Å². The molecule has 4 nitrogen and oxygen atoms in total. The normalized spacial score (nSPS) is 17.9. The molecule has 6 heteroatoms. The van der Waals surface area contributed by atoms with Crippen molar-refractivity contribution in [1.29, 1.82) is 0 Å². The first-order valence-electron chi connectivity index (χ1n) is 12.7. The van der Waals surface area contributed by atoms with Crippen molar-refractivity contribution in [3.05, 3.63) is 94.8 Å². The van der Waals surface area contributed by atoms with Crippen LogP contribution in [0.2, 0.25) is 0 Å². The van der Waals surface area contributed by atoms with Crippen molar-refractivity contribution >= 4 is 28.7 Å². The summed E-state index contributed by atoms with van der Waals surface area (Å²) in [4.78, 5) is 18.1. The Labute approximate surface area is 216 Å². The highest BCUT2D eigenvalue weighted by molar-refractivity contribution is 7.98. The van der Waals surface area contributed by atoms with Gasteiger partial charge < -0.3 is 9.88 Å². The molecule has 4 aromatic rings. The number of benzene rings is 3. The van der Waals surface area contributed by atoms with Gasteiger partial charge in [0.15, 0.2) is 5.16 Å². The van der Waals surface area contributed by atoms with Crippen LogP contribution in [0.4, 0.5) is 4.39 Å². The van der Waals surface area contributed by atoms with Crippen LogP contribution >= 0.6 is 11.8 Å². The number of aromatic nitrogens is 2. The average molecular weight is 502 g/mol. The van der Waals surface area contributed by atoms with Gasteiger partial charge in [-0.25, -0.2) is 9.37 Å². The third kappa shape index (κ3) is 5.65. The number of rotatable bonds is 7. The van der Waals surface area contributed by atoms with Gasteiger partial charge in [-0.05, 0) is 67.1 Å². The maximum atomic E-state index is 13.3. The molecule has 0 saturated heterocycles. The van der Waals surface area contributed by atoms with Gasteiger partial charge in [0.2, 0.25) is 0 Å². The fraction of sp³-hybridized carbons (Fsp3) is 0.333. The van der Waals surface area contributed by atoms with E-state index in [4.69, 9.17) is 4.98 Å². The molecular formula is C30H32FN3OS. The molecule has 1 saturated carbocycles. The molecule has 3 aromatic carbocycles. The standard InChI is InChI=1S/C30H32FN3OS/c1-20-6-5-8-23(16-20)18-34-28-17-24(29(35)32-26-9-4-3-7-21(26)2)12-15-27(28)33-30(34)36-19-22-10-13-25(31)14-11-22/h5-6,8,10-17,21,26H,3-4,7,9,18-19H2,1-2H3,(H,32,35)/t21-,26-/m0/s1. The van der Waals surface area contributed by atoms with Gasteiger partial charge in [0.05, 0.1) is 17.6 Å². The lowest BCUT2D eigenvalue weighted by Crippen LogP contribution is -2.41. The van der Waals surface area contributed by atoms with Gasteiger partial charge in [0.1, 0.15) is 5.82 Å². The second-order valence-electron chi connectivity index (χ2n) is 9.93. The molecule has 186 valence electrons. The number of halogens is 1. The third-order valence-electron chi connectivity index (χ3n) is 7.11. The van der Waals surface area contributed by atoms with Gasteiger partial charge in [-0.15, -0.1) is 0 Å². The van der Waals surface area contributed by atoms with E-state index in [0.717, 1.165) is 28.2 Å². The SMILES string of the molecule is Cc1cccc(Cn2c(SCc3ccc(F)cc3)nc3ccc(C(=O)N[C@H]4CCCC[C@@H]4C)cc32)c1. The molecule has 1 amide bonds. The van der Waals surface area contributed by atoms with E-state index in [0.29, 0.717) is 23.8 Å². The summed E-state index contributed by atoms with van der Waals surface area (Å²) in [5, 5.41) is 4.16. The second kappa shape index (κ2) is 10.9. The summed E-state index contributed by atoms with van der Waals surface area (Å²) in [6.45, 7) is 4.98. The van der Waals surface area contributed by atoms with Crippen molar-refractivity contribution in [2.24, 2.45) is 5.92 Å². The lowest BCUT2D eigenvalue weighted by atomic mass is 9.86. The molecule has 5 rings (SSSR count). The molecule has 0 aliphatic heterocycles. The summed E-state index contributed by atoms with van der Waals surface area (Å²) < 4.78 is 15.5. The molecule has 0 radical (unpaired) electrons. The van der Waals surface area contributed by atoms with E-state index in [1.807, 2.05) is 30.3 Å². The van der Waals surface area contributed by atoms with Crippen molar-refractivity contribution in [2.75, 3.05) is 0 Å². The summed E-state index contributed by atoms with van der Waals surface area (Å²) in [6.07, 6.45) is 4.63. The van der Waals surface area contributed by atoms with Crippen LogP contribution in [0.5, 0.6) is 0 Å². The first kappa shape index (κ1) is 24.6. The largest absolute Gasteiger partial charge is 0.349 e. The number of imidazole rings is 1. The van der Waals surface area contributed by atoms with Gasteiger partial charge in [0, 0.05) is 17.4 Å². The van der Waals surface area contributed by atoms with Crippen LogP contribution in [0.1, 0.15) is 59.7 Å². The minimum absolute atomic E-state index is 0.0144. The van der Waals surface area contributed by atoms with Crippen LogP contribution in [-0.4, -0.2) is 21.5 Å². The maximum Gasteiger partial charge on any atom is 0.251 e. The molecule has 1 heterocycles. The Morgan fingerprint density at radius 2 is 1.86 bits per heavy atom. The molecule has 1 aliphatic carbocycles. The highest BCUT2D eigenvalue weighted by Crippen LogP contribution is 2.29. The molecule has 1 N–H and O–H groups in total. The molecule has 1 aliphatic rings. The van der Waals surface area contributed by atoms with E-state index in [1.54, 1.807) is 11.8 Å². The molecule has 1 aromatic heterocycles. The quantitative estimate of drug-likeness (QED) is 0.274. The first-order chi connectivity index (χ1) is 17.5. The minimum Gasteiger partial charge on any atom is -0.349 e. The molecule has 36 heavy (non-hydrogen) atoms. The second-order valence-corrected chi connectivity index (χ2v) is 10.9. The molecule has 0 bridgehead atoms. The van der Waals surface area contributed by atoms with Crippen molar-refractivity contribution in [2.45, 2.75) is 63.0 Å². The Kier molecular flexibility index (Phi) is 7.42. The van der Waals surface area contributed by atoms with Crippen LogP contribution in [0.25, 0.3) is 11.0 Å². The van der Waals surface area contributed by atoms with E-state index >= 15 is 0 Å². The van der Waals surface area contributed by atoms with E-state index in [2.05, 4.69) is 48.0 Å². The molecule has 2 atom stereocenters. The van der Waals surface area contributed by atoms with E-state index in [1.165, 1.54) is 42.5 Å². The highest BCUT2D eigenvalue weighted by Gasteiger charge is 2.24. The van der Waals surface area contributed by atoms with Crippen molar-refractivity contribution in [3.63, 3.8) is 0 Å². The first-order valence-corrected chi connectivity index (χ1v) is 13.7. The number of fused-ring (bicyclic) bond motifs is 1. The van der Waals surface area contributed by atoms with Crippen LogP contribution in [-0.2, 0) is 12.3 Å². The molecule has 0 unspecified atom stereocenters. The number of carbonyl (C=O) groups is 1. The summed E-state index contributed by atoms with van der Waals surface area (Å²) in [5.74, 6) is 0.945. The van der Waals surface area contributed by atoms with E-state index in [-0.39, 0.29) is 17.8 Å². The van der Waals surface area contributed by atoms with Gasteiger partial charge in [-0.2, -0.15) is 0 Å². The van der Waals surface area contributed by atoms with Crippen LogP contribution in [0, 0.1) is 18.7 Å². The zero-order valence-corrected chi connectivity index (χ0v) is 21.7. The number of thioether (sulfide) groups is 1. The monoisotopic (exact) mass is 501 g/mol. The summed E-state index contributed by atoms with van der Waals surface area (Å²) in [7, 11) is 0. The van der Waals surface area contributed by atoms with E-state index in [9.17, 15) is 9.18 Å². The van der Waals surface area contributed by atoms with Crippen LogP contribution in [0.15, 0.2) is 71.9 Å². The molecule has 1 fully saturated rings. The number of hydrogen-bond acceptors (Lipinski definition) is 3. The lowest BCUT2D eigenvalue weighted by molar-refractivity contribution is 0.0910. The Morgan fingerprint density at radius 1 is 1.06 bits per heavy atom. The zero-order chi connectivity index (χ0) is 25.1. The number of aryl methyl sites for hydroxylation is 1. The number of nitrogens with zero attached hydrogens (tertiary/aromatic N) is 2. The predicted octanol–water partition coefficient (Wildman–Crippen LogP) is 7.13. The summed E-state index contributed by atoms with van der Waals surface area (Å²) in [6, 6.07) is 21.1. The number of nitrogens with one attached hydrogen (secondary N) is 1. The highest BCUT2D eigenvalue weighted by atomic mass is 32.2. The van der Waals surface area contributed by atoms with Crippen molar-refractivity contribution < 1.29 is 9.18 Å². The topological polar surface area (TPSA) is 46.9 Å². The molecular weight excluding hydrogens is 469 g/mol. The average Bonchev–Trinajstić information content (AvgIpc) is 3.21. The fourth-order valence-electron chi connectivity index (χ4n) is 5.01. The Bertz CT molecular complexity index is 1360. The number of carbonyl (C=O) groups excluding carboxylic acids is 1. The fourth-order valence-corrected chi connectivity index (χ4v) is 5.98. The smallest absolute Gasteiger partial charge is 0.251 e. The van der Waals surface area contributed by atoms with Gasteiger partial charge in [0.25, 0.3) is 5.91 Å².